The first-order valence-electron chi connectivity index (χ1n) is 8.26. The van der Waals surface area contributed by atoms with Crippen molar-refractivity contribution in [2.24, 2.45) is 0 Å². The van der Waals surface area contributed by atoms with Gasteiger partial charge in [-0.15, -0.1) is 0 Å². The molecule has 0 bridgehead atoms. The number of hydrogen-bond donors (Lipinski definition) is 0. The van der Waals surface area contributed by atoms with E-state index >= 15 is 0 Å². The van der Waals surface area contributed by atoms with Gasteiger partial charge in [0.15, 0.2) is 0 Å². The van der Waals surface area contributed by atoms with Crippen LogP contribution in [0.3, 0.4) is 0 Å². The number of rotatable bonds is 5. The fraction of sp³-hybridized carbons (Fsp3) is 0.158. The molecule has 1 heterocycles. The van der Waals surface area contributed by atoms with Gasteiger partial charge in [0, 0.05) is 17.4 Å². The second-order valence-electron chi connectivity index (χ2n) is 5.92. The van der Waals surface area contributed by atoms with Crippen LogP contribution in [0.15, 0.2) is 76.7 Å². The van der Waals surface area contributed by atoms with Crippen LogP contribution in [0.5, 0.6) is 0 Å². The van der Waals surface area contributed by atoms with Gasteiger partial charge in [0.25, 0.3) is 10.0 Å². The second kappa shape index (κ2) is 7.54. The third-order valence-corrected chi connectivity index (χ3v) is 6.18. The largest absolute Gasteiger partial charge is 0.349 e. The van der Waals surface area contributed by atoms with Gasteiger partial charge in [-0.2, -0.15) is 3.97 Å². The van der Waals surface area contributed by atoms with Crippen LogP contribution in [0.4, 0.5) is 0 Å². The Morgan fingerprint density at radius 3 is 2.26 bits per heavy atom. The molecule has 0 aliphatic heterocycles. The lowest BCUT2D eigenvalue weighted by Crippen LogP contribution is -2.34. The summed E-state index contributed by atoms with van der Waals surface area (Å²) in [6.07, 6.45) is 2.75. The highest BCUT2D eigenvalue weighted by atomic mass is 35.5. The Morgan fingerprint density at radius 1 is 1.04 bits per heavy atom. The summed E-state index contributed by atoms with van der Waals surface area (Å²) in [6.45, 7) is 1.84. The van der Waals surface area contributed by atoms with Gasteiger partial charge in [-0.05, 0) is 36.2 Å². The summed E-state index contributed by atoms with van der Waals surface area (Å²) >= 11 is 5.78. The highest BCUT2D eigenvalue weighted by molar-refractivity contribution is 7.90. The zero-order chi connectivity index (χ0) is 19.6. The van der Waals surface area contributed by atoms with Crippen molar-refractivity contribution in [3.05, 3.63) is 88.1 Å². The van der Waals surface area contributed by atoms with Gasteiger partial charge in [0.1, 0.15) is 0 Å². The Balaban J connectivity index is 2.01. The number of hydrogen-bond acceptors (Lipinski definition) is 4. The van der Waals surface area contributed by atoms with Crippen molar-refractivity contribution in [3.8, 4) is 0 Å². The predicted octanol–water partition coefficient (Wildman–Crippen LogP) is 3.37. The average molecular weight is 405 g/mol. The third kappa shape index (κ3) is 3.61. The van der Waals surface area contributed by atoms with Crippen molar-refractivity contribution >= 4 is 27.5 Å². The summed E-state index contributed by atoms with van der Waals surface area (Å²) in [5.74, 6) is -1.02. The Labute approximate surface area is 161 Å². The van der Waals surface area contributed by atoms with E-state index in [1.165, 1.54) is 30.5 Å². The van der Waals surface area contributed by atoms with Gasteiger partial charge in [-0.25, -0.2) is 17.8 Å². The van der Waals surface area contributed by atoms with E-state index in [1.54, 1.807) is 12.1 Å². The topological polar surface area (TPSA) is 78.1 Å². The molecule has 3 aromatic rings. The fourth-order valence-electron chi connectivity index (χ4n) is 2.84. The molecule has 6 nitrogen and oxygen atoms in total. The van der Waals surface area contributed by atoms with Crippen LogP contribution in [0.1, 0.15) is 29.6 Å². The second-order valence-corrected chi connectivity index (χ2v) is 8.17. The number of carbonyl (C=O) groups is 1. The zero-order valence-electron chi connectivity index (χ0n) is 14.4. The minimum Gasteiger partial charge on any atom is -0.273 e. The number of nitrogens with zero attached hydrogens (tertiary/aromatic N) is 2. The molecule has 0 N–H and O–H groups in total. The molecule has 1 aromatic heterocycles. The first kappa shape index (κ1) is 19.1. The van der Waals surface area contributed by atoms with Crippen LogP contribution in [0.25, 0.3) is 0 Å². The number of aromatic nitrogens is 2. The lowest BCUT2D eigenvalue weighted by molar-refractivity contribution is 0.0870. The maximum absolute atomic E-state index is 12.9. The van der Waals surface area contributed by atoms with E-state index in [1.807, 2.05) is 25.1 Å². The van der Waals surface area contributed by atoms with Gasteiger partial charge in [0.05, 0.1) is 10.8 Å². The molecule has 0 saturated heterocycles. The van der Waals surface area contributed by atoms with Gasteiger partial charge in [0.2, 0.25) is 5.91 Å². The molecule has 0 amide bonds. The first-order valence-corrected chi connectivity index (χ1v) is 10.1. The molecule has 27 heavy (non-hydrogen) atoms. The number of benzene rings is 2. The lowest BCUT2D eigenvalue weighted by Gasteiger charge is -2.13. The highest BCUT2D eigenvalue weighted by Gasteiger charge is 2.26. The van der Waals surface area contributed by atoms with Crippen molar-refractivity contribution in [2.75, 3.05) is 0 Å². The Bertz CT molecular complexity index is 1120. The molecule has 0 aliphatic carbocycles. The maximum atomic E-state index is 12.9. The molecule has 2 aromatic carbocycles. The normalized spacial score (nSPS) is 12.7. The summed E-state index contributed by atoms with van der Waals surface area (Å²) in [4.78, 5) is 25.4. The fourth-order valence-corrected chi connectivity index (χ4v) is 4.18. The van der Waals surface area contributed by atoms with Crippen LogP contribution >= 0.6 is 11.6 Å². The van der Waals surface area contributed by atoms with Crippen molar-refractivity contribution in [3.63, 3.8) is 0 Å². The molecular weight excluding hydrogens is 388 g/mol. The van der Waals surface area contributed by atoms with E-state index in [0.29, 0.717) is 15.4 Å². The summed E-state index contributed by atoms with van der Waals surface area (Å²) in [5.41, 5.74) is -0.158. The Morgan fingerprint density at radius 2 is 1.67 bits per heavy atom. The van der Waals surface area contributed by atoms with E-state index in [0.717, 1.165) is 16.3 Å². The zero-order valence-corrected chi connectivity index (χ0v) is 16.0. The first-order chi connectivity index (χ1) is 12.9. The number of imidazole rings is 1. The standard InChI is InChI=1S/C19H17ClN2O4S/c1-2-17(14-6-4-3-5-7-14)18(23)21-12-13-22(19(21)24)27(25,26)16-10-8-15(20)9-11-16/h3-13,17H,2H2,1H3/t17-/m1/s1. The van der Waals surface area contributed by atoms with Crippen molar-refractivity contribution in [2.45, 2.75) is 24.2 Å². The van der Waals surface area contributed by atoms with Crippen molar-refractivity contribution in [1.82, 2.24) is 8.54 Å². The summed E-state index contributed by atoms with van der Waals surface area (Å²) in [6, 6.07) is 14.5. The number of halogens is 1. The molecule has 0 saturated carbocycles. The molecule has 1 atom stereocenters. The number of carbonyl (C=O) groups excluding carboxylic acids is 1. The van der Waals surface area contributed by atoms with E-state index in [9.17, 15) is 18.0 Å². The summed E-state index contributed by atoms with van der Waals surface area (Å²) in [7, 11) is -4.12. The van der Waals surface area contributed by atoms with Crippen LogP contribution in [0, 0.1) is 0 Å². The molecule has 0 radical (unpaired) electrons. The van der Waals surface area contributed by atoms with E-state index in [2.05, 4.69) is 0 Å². The monoisotopic (exact) mass is 404 g/mol. The van der Waals surface area contributed by atoms with Crippen molar-refractivity contribution in [1.29, 1.82) is 0 Å². The van der Waals surface area contributed by atoms with Gasteiger partial charge < -0.3 is 0 Å². The van der Waals surface area contributed by atoms with Crippen LogP contribution in [-0.2, 0) is 10.0 Å². The molecule has 8 heteroatoms. The van der Waals surface area contributed by atoms with Gasteiger partial charge >= 0.3 is 5.69 Å². The predicted molar refractivity (Wildman–Crippen MR) is 103 cm³/mol. The molecular formula is C19H17ClN2O4S. The Kier molecular flexibility index (Phi) is 5.34. The highest BCUT2D eigenvalue weighted by Crippen LogP contribution is 2.21. The smallest absolute Gasteiger partial charge is 0.273 e. The molecule has 0 aliphatic rings. The van der Waals surface area contributed by atoms with E-state index in [-0.39, 0.29) is 4.90 Å². The SMILES string of the molecule is CC[C@@H](C(=O)n1ccn(S(=O)(=O)c2ccc(Cl)cc2)c1=O)c1ccccc1. The molecule has 140 valence electrons. The van der Waals surface area contributed by atoms with Crippen LogP contribution in [-0.4, -0.2) is 22.9 Å². The molecule has 0 fully saturated rings. The molecule has 3 rings (SSSR count). The minimum absolute atomic E-state index is 0.0886. The van der Waals surface area contributed by atoms with Crippen molar-refractivity contribution < 1.29 is 13.2 Å². The molecule has 0 unspecified atom stereocenters. The third-order valence-electron chi connectivity index (χ3n) is 4.26. The van der Waals surface area contributed by atoms with E-state index in [4.69, 9.17) is 11.6 Å². The maximum Gasteiger partial charge on any atom is 0.349 e. The van der Waals surface area contributed by atoms with E-state index < -0.39 is 27.5 Å². The van der Waals surface area contributed by atoms with Gasteiger partial charge in [-0.1, -0.05) is 48.9 Å². The summed E-state index contributed by atoms with van der Waals surface area (Å²) in [5, 5.41) is 0.377. The minimum atomic E-state index is -4.12. The lowest BCUT2D eigenvalue weighted by atomic mass is 9.96. The van der Waals surface area contributed by atoms with Crippen LogP contribution < -0.4 is 5.69 Å². The molecule has 0 spiro atoms. The van der Waals surface area contributed by atoms with Gasteiger partial charge in [-0.3, -0.25) is 4.79 Å². The Hall–Kier alpha value is -2.64. The van der Waals surface area contributed by atoms with Crippen LogP contribution in [0.2, 0.25) is 5.02 Å². The average Bonchev–Trinajstić information content (AvgIpc) is 3.06. The summed E-state index contributed by atoms with van der Waals surface area (Å²) < 4.78 is 26.8. The quantitative estimate of drug-likeness (QED) is 0.653.